The Kier molecular flexibility index (Phi) is 3.99. The van der Waals surface area contributed by atoms with Crippen LogP contribution in [0, 0.1) is 5.92 Å². The van der Waals surface area contributed by atoms with Crippen LogP contribution in [0.3, 0.4) is 0 Å². The van der Waals surface area contributed by atoms with E-state index in [0.29, 0.717) is 28.0 Å². The van der Waals surface area contributed by atoms with Gasteiger partial charge in [0.25, 0.3) is 0 Å². The van der Waals surface area contributed by atoms with Gasteiger partial charge in [0, 0.05) is 5.02 Å². The third-order valence-corrected chi connectivity index (χ3v) is 3.65. The van der Waals surface area contributed by atoms with Gasteiger partial charge >= 0.3 is 6.18 Å². The van der Waals surface area contributed by atoms with E-state index in [-0.39, 0.29) is 19.3 Å². The van der Waals surface area contributed by atoms with Gasteiger partial charge in [0.05, 0.1) is 5.92 Å². The number of carbonyl (C=O) groups is 1. The fraction of sp³-hybridized carbons (Fsp3) is 0.357. The molecule has 102 valence electrons. The lowest BCUT2D eigenvalue weighted by Crippen LogP contribution is -2.26. The van der Waals surface area contributed by atoms with Gasteiger partial charge in [-0.15, -0.1) is 0 Å². The number of hydrogen-bond donors (Lipinski definition) is 0. The van der Waals surface area contributed by atoms with E-state index >= 15 is 0 Å². The Hall–Kier alpha value is -1.29. The van der Waals surface area contributed by atoms with Gasteiger partial charge in [-0.3, -0.25) is 4.79 Å². The molecule has 0 saturated heterocycles. The average Bonchev–Trinajstić information content (AvgIpc) is 2.38. The normalized spacial score (nSPS) is 20.5. The molecule has 1 atom stereocenters. The molecule has 0 bridgehead atoms. The molecule has 1 unspecified atom stereocenters. The molecular formula is C14H12ClF3O. The average molecular weight is 289 g/mol. The Morgan fingerprint density at radius 3 is 2.37 bits per heavy atom. The summed E-state index contributed by atoms with van der Waals surface area (Å²) in [5.41, 5.74) is 1.59. The summed E-state index contributed by atoms with van der Waals surface area (Å²) in [5, 5.41) is 0.514. The highest BCUT2D eigenvalue weighted by atomic mass is 35.5. The van der Waals surface area contributed by atoms with Crippen molar-refractivity contribution in [1.82, 2.24) is 0 Å². The molecule has 19 heavy (non-hydrogen) atoms. The first-order chi connectivity index (χ1) is 8.91. The molecule has 1 aromatic carbocycles. The van der Waals surface area contributed by atoms with Crippen molar-refractivity contribution in [2.75, 3.05) is 0 Å². The van der Waals surface area contributed by atoms with Crippen molar-refractivity contribution >= 4 is 23.5 Å². The maximum atomic E-state index is 12.8. The smallest absolute Gasteiger partial charge is 0.298 e. The van der Waals surface area contributed by atoms with Crippen LogP contribution in [-0.4, -0.2) is 12.5 Å². The van der Waals surface area contributed by atoms with E-state index in [1.165, 1.54) is 0 Å². The largest absolute Gasteiger partial charge is 0.392 e. The number of benzene rings is 1. The number of alkyl halides is 3. The predicted molar refractivity (Wildman–Crippen MR) is 67.8 cm³/mol. The highest BCUT2D eigenvalue weighted by molar-refractivity contribution is 6.30. The molecule has 1 aliphatic rings. The lowest BCUT2D eigenvalue weighted by Gasteiger charge is -2.27. The number of halogens is 4. The van der Waals surface area contributed by atoms with Crippen molar-refractivity contribution in [3.63, 3.8) is 0 Å². The van der Waals surface area contributed by atoms with Crippen molar-refractivity contribution in [2.24, 2.45) is 5.92 Å². The Bertz CT molecular complexity index is 502. The van der Waals surface area contributed by atoms with Crippen LogP contribution in [0.4, 0.5) is 13.2 Å². The van der Waals surface area contributed by atoms with Crippen LogP contribution >= 0.6 is 11.6 Å². The maximum Gasteiger partial charge on any atom is 0.392 e. The highest BCUT2D eigenvalue weighted by Crippen LogP contribution is 2.42. The second-order valence-electron chi connectivity index (χ2n) is 4.61. The molecule has 1 nitrogen and oxygen atoms in total. The summed E-state index contributed by atoms with van der Waals surface area (Å²) in [7, 11) is 0. The standard InChI is InChI=1S/C14H12ClF3O/c15-12-5-2-9(3-6-12)13-7-11(14(16,17)18)4-1-10(13)8-19/h2-3,5-6,8,11H,1,4,7H2. The Morgan fingerprint density at radius 2 is 1.84 bits per heavy atom. The Balaban J connectivity index is 2.36. The summed E-state index contributed by atoms with van der Waals surface area (Å²) in [4.78, 5) is 11.0. The molecule has 0 radical (unpaired) electrons. The van der Waals surface area contributed by atoms with Gasteiger partial charge in [0.1, 0.15) is 6.29 Å². The third kappa shape index (κ3) is 3.18. The molecule has 1 aliphatic carbocycles. The van der Waals surface area contributed by atoms with Crippen LogP contribution in [0.25, 0.3) is 5.57 Å². The molecule has 0 aliphatic heterocycles. The van der Waals surface area contributed by atoms with E-state index in [2.05, 4.69) is 0 Å². The SMILES string of the molecule is O=CC1=C(c2ccc(Cl)cc2)CC(C(F)(F)F)CC1. The zero-order chi connectivity index (χ0) is 14.0. The second-order valence-corrected chi connectivity index (χ2v) is 5.05. The third-order valence-electron chi connectivity index (χ3n) is 3.40. The van der Waals surface area contributed by atoms with Crippen LogP contribution in [0.5, 0.6) is 0 Å². The summed E-state index contributed by atoms with van der Waals surface area (Å²) in [6.45, 7) is 0. The summed E-state index contributed by atoms with van der Waals surface area (Å²) in [6, 6.07) is 6.53. The molecule has 2 rings (SSSR count). The molecule has 0 aromatic heterocycles. The monoisotopic (exact) mass is 288 g/mol. The van der Waals surface area contributed by atoms with Crippen LogP contribution in [0.15, 0.2) is 29.8 Å². The van der Waals surface area contributed by atoms with E-state index in [1.54, 1.807) is 24.3 Å². The number of rotatable bonds is 2. The van der Waals surface area contributed by atoms with Gasteiger partial charge in [0.2, 0.25) is 0 Å². The van der Waals surface area contributed by atoms with Crippen molar-refractivity contribution in [3.05, 3.63) is 40.4 Å². The number of allylic oxidation sites excluding steroid dienone is 2. The fourth-order valence-electron chi connectivity index (χ4n) is 2.32. The Labute approximate surface area is 114 Å². The maximum absolute atomic E-state index is 12.8. The molecule has 0 N–H and O–H groups in total. The van der Waals surface area contributed by atoms with Crippen LogP contribution in [0.1, 0.15) is 24.8 Å². The lowest BCUT2D eigenvalue weighted by atomic mass is 9.81. The predicted octanol–water partition coefficient (Wildman–Crippen LogP) is 4.65. The first kappa shape index (κ1) is 14.1. The molecule has 0 amide bonds. The number of aldehydes is 1. The minimum Gasteiger partial charge on any atom is -0.298 e. The van der Waals surface area contributed by atoms with Gasteiger partial charge in [0.15, 0.2) is 0 Å². The van der Waals surface area contributed by atoms with E-state index in [1.807, 2.05) is 0 Å². The summed E-state index contributed by atoms with van der Waals surface area (Å²) < 4.78 is 38.4. The molecule has 5 heteroatoms. The van der Waals surface area contributed by atoms with Gasteiger partial charge in [-0.25, -0.2) is 0 Å². The van der Waals surface area contributed by atoms with E-state index in [0.717, 1.165) is 0 Å². The minimum absolute atomic E-state index is 0.0192. The highest BCUT2D eigenvalue weighted by Gasteiger charge is 2.41. The summed E-state index contributed by atoms with van der Waals surface area (Å²) in [6.07, 6.45) is -3.54. The van der Waals surface area contributed by atoms with Crippen molar-refractivity contribution in [2.45, 2.75) is 25.4 Å². The topological polar surface area (TPSA) is 17.1 Å². The lowest BCUT2D eigenvalue weighted by molar-refractivity contribution is -0.175. The van der Waals surface area contributed by atoms with E-state index in [4.69, 9.17) is 11.6 Å². The van der Waals surface area contributed by atoms with Crippen LogP contribution < -0.4 is 0 Å². The minimum atomic E-state index is -4.22. The molecule has 0 saturated carbocycles. The first-order valence-corrected chi connectivity index (χ1v) is 6.29. The first-order valence-electron chi connectivity index (χ1n) is 5.91. The van der Waals surface area contributed by atoms with Gasteiger partial charge in [-0.2, -0.15) is 13.2 Å². The van der Waals surface area contributed by atoms with Crippen LogP contribution in [0.2, 0.25) is 5.02 Å². The summed E-state index contributed by atoms with van der Waals surface area (Å²) in [5.74, 6) is -1.37. The van der Waals surface area contributed by atoms with Crippen LogP contribution in [-0.2, 0) is 4.79 Å². The number of hydrogen-bond acceptors (Lipinski definition) is 1. The molecular weight excluding hydrogens is 277 g/mol. The Morgan fingerprint density at radius 1 is 1.21 bits per heavy atom. The molecule has 0 heterocycles. The molecule has 0 spiro atoms. The number of carbonyl (C=O) groups excluding carboxylic acids is 1. The van der Waals surface area contributed by atoms with Crippen molar-refractivity contribution in [3.8, 4) is 0 Å². The second kappa shape index (κ2) is 5.37. The summed E-state index contributed by atoms with van der Waals surface area (Å²) >= 11 is 5.76. The van der Waals surface area contributed by atoms with Crippen molar-refractivity contribution < 1.29 is 18.0 Å². The quantitative estimate of drug-likeness (QED) is 0.724. The fourth-order valence-corrected chi connectivity index (χ4v) is 2.45. The molecule has 1 aromatic rings. The van der Waals surface area contributed by atoms with Crippen molar-refractivity contribution in [1.29, 1.82) is 0 Å². The van der Waals surface area contributed by atoms with E-state index < -0.39 is 12.1 Å². The zero-order valence-corrected chi connectivity index (χ0v) is 10.8. The van der Waals surface area contributed by atoms with E-state index in [9.17, 15) is 18.0 Å². The van der Waals surface area contributed by atoms with Gasteiger partial charge in [-0.1, -0.05) is 23.7 Å². The zero-order valence-electron chi connectivity index (χ0n) is 10.0. The van der Waals surface area contributed by atoms with Gasteiger partial charge in [-0.05, 0) is 48.1 Å². The molecule has 0 fully saturated rings. The van der Waals surface area contributed by atoms with Gasteiger partial charge < -0.3 is 0 Å².